The van der Waals surface area contributed by atoms with Crippen LogP contribution in [-0.4, -0.2) is 19.1 Å². The molecule has 0 radical (unpaired) electrons. The molecule has 0 saturated carbocycles. The van der Waals surface area contributed by atoms with E-state index in [2.05, 4.69) is 6.07 Å². The van der Waals surface area contributed by atoms with Crippen LogP contribution in [0.4, 0.5) is 0 Å². The minimum atomic E-state index is 0.0961. The summed E-state index contributed by atoms with van der Waals surface area (Å²) in [7, 11) is 0. The number of nitrogens with zero attached hydrogens (tertiary/aromatic N) is 1. The molecule has 0 aromatic heterocycles. The maximum absolute atomic E-state index is 8.19. The van der Waals surface area contributed by atoms with Crippen molar-refractivity contribution in [2.75, 3.05) is 19.1 Å². The van der Waals surface area contributed by atoms with Crippen LogP contribution in [0.1, 0.15) is 19.3 Å². The lowest BCUT2D eigenvalue weighted by molar-refractivity contribution is 0.352. The third kappa shape index (κ3) is 7.80. The summed E-state index contributed by atoms with van der Waals surface area (Å²) >= 11 is 0.0961. The van der Waals surface area contributed by atoms with E-state index in [1.807, 2.05) is 12.5 Å². The van der Waals surface area contributed by atoms with E-state index in [9.17, 15) is 0 Å². The molecule has 0 aliphatic carbocycles. The molecule has 0 aliphatic heterocycles. The van der Waals surface area contributed by atoms with E-state index in [0.29, 0.717) is 6.42 Å². The minimum absolute atomic E-state index is 0.0961. The van der Waals surface area contributed by atoms with Crippen molar-refractivity contribution in [2.45, 2.75) is 19.3 Å². The molecule has 0 aromatic rings. The van der Waals surface area contributed by atoms with E-state index in [0.717, 1.165) is 19.4 Å². The van der Waals surface area contributed by atoms with Gasteiger partial charge in [-0.1, -0.05) is 0 Å². The van der Waals surface area contributed by atoms with Gasteiger partial charge in [-0.15, -0.1) is 0 Å². The van der Waals surface area contributed by atoms with Gasteiger partial charge in [0.15, 0.2) is 0 Å². The Hall–Kier alpha value is -0.200. The molecule has 0 atom stereocenters. The zero-order chi connectivity index (χ0) is 7.82. The Morgan fingerprint density at radius 1 is 1.40 bits per heavy atom. The van der Waals surface area contributed by atoms with Gasteiger partial charge < -0.3 is 0 Å². The van der Waals surface area contributed by atoms with E-state index < -0.39 is 0 Å². The average Bonchev–Trinajstić information content (AvgIpc) is 1.87. The second-order valence-electron chi connectivity index (χ2n) is 2.18. The van der Waals surface area contributed by atoms with Crippen LogP contribution in [0.25, 0.3) is 0 Å². The van der Waals surface area contributed by atoms with Crippen molar-refractivity contribution < 1.29 is 4.18 Å². The first-order valence-electron chi connectivity index (χ1n) is 3.35. The molecule has 0 saturated heterocycles. The topological polar surface area (TPSA) is 33.0 Å². The monoisotopic (exact) mass is 160 g/mol. The van der Waals surface area contributed by atoms with E-state index in [4.69, 9.17) is 9.44 Å². The third-order valence-electron chi connectivity index (χ3n) is 1.00. The highest BCUT2D eigenvalue weighted by Gasteiger charge is 2.00. The second-order valence-corrected chi connectivity index (χ2v) is 3.90. The normalized spacial score (nSPS) is 9.80. The summed E-state index contributed by atoms with van der Waals surface area (Å²) in [5, 5.41) is 8.19. The first kappa shape index (κ1) is 9.80. The fourth-order valence-electron chi connectivity index (χ4n) is 0.532. The zero-order valence-electron chi connectivity index (χ0n) is 6.59. The van der Waals surface area contributed by atoms with Crippen molar-refractivity contribution in [1.29, 1.82) is 5.26 Å². The van der Waals surface area contributed by atoms with Crippen LogP contribution in [0.3, 0.4) is 0 Å². The molecule has 3 heteroatoms. The predicted molar refractivity (Wildman–Crippen MR) is 44.6 cm³/mol. The maximum Gasteiger partial charge on any atom is 0.140 e. The summed E-state index contributed by atoms with van der Waals surface area (Å²) in [4.78, 5) is 0. The highest BCUT2D eigenvalue weighted by Crippen LogP contribution is 1.96. The van der Waals surface area contributed by atoms with E-state index >= 15 is 0 Å². The van der Waals surface area contributed by atoms with Crippen molar-refractivity contribution in [3.63, 3.8) is 0 Å². The summed E-state index contributed by atoms with van der Waals surface area (Å²) in [6, 6.07) is 2.10. The van der Waals surface area contributed by atoms with Crippen molar-refractivity contribution in [2.24, 2.45) is 0 Å². The number of hydrogen-bond donors (Lipinski definition) is 0. The second kappa shape index (κ2) is 6.91. The fourth-order valence-corrected chi connectivity index (χ4v) is 0.983. The van der Waals surface area contributed by atoms with Crippen molar-refractivity contribution in [1.82, 2.24) is 0 Å². The molecule has 10 heavy (non-hydrogen) atoms. The Morgan fingerprint density at radius 2 is 2.10 bits per heavy atom. The Bertz CT molecular complexity index is 109. The summed E-state index contributed by atoms with van der Waals surface area (Å²) in [6.07, 6.45) is 6.73. The molecule has 0 spiro atoms. The molecule has 0 bridgehead atoms. The fraction of sp³-hybridized carbons (Fsp3) is 0.857. The predicted octanol–water partition coefficient (Wildman–Crippen LogP) is 1.49. The van der Waals surface area contributed by atoms with Crippen LogP contribution >= 0.6 is 0 Å². The van der Waals surface area contributed by atoms with Gasteiger partial charge in [0, 0.05) is 6.42 Å². The smallest absolute Gasteiger partial charge is 0.140 e. The van der Waals surface area contributed by atoms with Crippen LogP contribution in [0.15, 0.2) is 0 Å². The molecule has 0 fully saturated rings. The van der Waals surface area contributed by atoms with Gasteiger partial charge in [-0.05, 0) is 12.8 Å². The highest BCUT2D eigenvalue weighted by molar-refractivity contribution is 7.90. The maximum atomic E-state index is 8.19. The van der Waals surface area contributed by atoms with E-state index in [1.165, 1.54) is 0 Å². The van der Waals surface area contributed by atoms with Gasteiger partial charge in [0.2, 0.25) is 0 Å². The van der Waals surface area contributed by atoms with E-state index in [-0.39, 0.29) is 11.2 Å². The molecule has 0 aromatic carbocycles. The zero-order valence-corrected chi connectivity index (χ0v) is 7.41. The van der Waals surface area contributed by atoms with Gasteiger partial charge >= 0.3 is 0 Å². The van der Waals surface area contributed by atoms with Crippen LogP contribution in [-0.2, 0) is 15.4 Å². The van der Waals surface area contributed by atoms with Gasteiger partial charge in [0.25, 0.3) is 0 Å². The van der Waals surface area contributed by atoms with E-state index in [1.54, 1.807) is 0 Å². The molecular formula is C7H14NOS+. The number of hydrogen-bond acceptors (Lipinski definition) is 2. The molecule has 58 valence electrons. The SMILES string of the molecule is C[S+](C)OCCCCC#N. The lowest BCUT2D eigenvalue weighted by Gasteiger charge is -1.94. The molecule has 0 amide bonds. The Balaban J connectivity index is 2.86. The van der Waals surface area contributed by atoms with Crippen LogP contribution in [0.5, 0.6) is 0 Å². The van der Waals surface area contributed by atoms with Crippen LogP contribution in [0, 0.1) is 11.3 Å². The first-order chi connectivity index (χ1) is 4.77. The molecule has 0 unspecified atom stereocenters. The Kier molecular flexibility index (Phi) is 6.78. The van der Waals surface area contributed by atoms with Gasteiger partial charge in [0.05, 0.1) is 6.07 Å². The molecule has 0 rings (SSSR count). The summed E-state index contributed by atoms with van der Waals surface area (Å²) in [5.74, 6) is 0. The highest BCUT2D eigenvalue weighted by atomic mass is 32.2. The molecular weight excluding hydrogens is 146 g/mol. The third-order valence-corrected chi connectivity index (χ3v) is 1.64. The first-order valence-corrected chi connectivity index (χ1v) is 5.32. The summed E-state index contributed by atoms with van der Waals surface area (Å²) < 4.78 is 5.31. The van der Waals surface area contributed by atoms with Gasteiger partial charge in [-0.3, -0.25) is 0 Å². The number of rotatable bonds is 5. The van der Waals surface area contributed by atoms with Crippen molar-refractivity contribution >= 4 is 11.2 Å². The quantitative estimate of drug-likeness (QED) is 0.451. The summed E-state index contributed by atoms with van der Waals surface area (Å²) in [5.41, 5.74) is 0. The molecule has 2 nitrogen and oxygen atoms in total. The molecule has 0 aliphatic rings. The molecule has 0 heterocycles. The largest absolute Gasteiger partial charge is 0.198 e. The minimum Gasteiger partial charge on any atom is -0.198 e. The van der Waals surface area contributed by atoms with Crippen molar-refractivity contribution in [3.8, 4) is 6.07 Å². The van der Waals surface area contributed by atoms with Crippen LogP contribution in [0.2, 0.25) is 0 Å². The Labute approximate surface area is 65.7 Å². The van der Waals surface area contributed by atoms with Gasteiger partial charge in [0.1, 0.15) is 30.3 Å². The number of nitriles is 1. The summed E-state index contributed by atoms with van der Waals surface area (Å²) in [6.45, 7) is 0.803. The lowest BCUT2D eigenvalue weighted by Crippen LogP contribution is -2.02. The number of unbranched alkanes of at least 4 members (excludes halogenated alkanes) is 2. The lowest BCUT2D eigenvalue weighted by atomic mass is 10.3. The van der Waals surface area contributed by atoms with Crippen LogP contribution < -0.4 is 0 Å². The average molecular weight is 160 g/mol. The molecule has 0 N–H and O–H groups in total. The van der Waals surface area contributed by atoms with Gasteiger partial charge in [-0.2, -0.15) is 9.44 Å². The van der Waals surface area contributed by atoms with Gasteiger partial charge in [-0.25, -0.2) is 0 Å². The van der Waals surface area contributed by atoms with Crippen molar-refractivity contribution in [3.05, 3.63) is 0 Å². The Morgan fingerprint density at radius 3 is 2.60 bits per heavy atom. The standard InChI is InChI=1S/C7H14NOS/c1-10(2)9-7-5-3-4-6-8/h3-5,7H2,1-2H3/q+1.